The van der Waals surface area contributed by atoms with Crippen LogP contribution in [-0.2, 0) is 0 Å². The van der Waals surface area contributed by atoms with Gasteiger partial charge in [0.25, 0.3) is 0 Å². The summed E-state index contributed by atoms with van der Waals surface area (Å²) in [7, 11) is 0. The van der Waals surface area contributed by atoms with Crippen molar-refractivity contribution in [3.63, 3.8) is 0 Å². The average Bonchev–Trinajstić information content (AvgIpc) is 3.47. The first-order valence-electron chi connectivity index (χ1n) is 12.7. The van der Waals surface area contributed by atoms with Crippen molar-refractivity contribution in [2.75, 3.05) is 0 Å². The quantitative estimate of drug-likeness (QED) is 0.228. The Labute approximate surface area is 230 Å². The summed E-state index contributed by atoms with van der Waals surface area (Å²) < 4.78 is 1.17. The van der Waals surface area contributed by atoms with Crippen LogP contribution in [0.25, 0.3) is 66.1 Å². The van der Waals surface area contributed by atoms with Crippen molar-refractivity contribution < 1.29 is 0 Å². The van der Waals surface area contributed by atoms with Gasteiger partial charge in [0.1, 0.15) is 5.01 Å². The van der Waals surface area contributed by atoms with Gasteiger partial charge >= 0.3 is 0 Å². The van der Waals surface area contributed by atoms with Crippen molar-refractivity contribution in [2.24, 2.45) is 0 Å². The van der Waals surface area contributed by atoms with Crippen molar-refractivity contribution >= 4 is 21.6 Å². The van der Waals surface area contributed by atoms with E-state index in [2.05, 4.69) is 66.7 Å². The normalized spacial score (nSPS) is 11.1. The van der Waals surface area contributed by atoms with Crippen LogP contribution in [0.4, 0.5) is 0 Å². The van der Waals surface area contributed by atoms with Crippen LogP contribution in [0.3, 0.4) is 0 Å². The number of rotatable bonds is 5. The summed E-state index contributed by atoms with van der Waals surface area (Å²) in [6.07, 6.45) is 0. The van der Waals surface area contributed by atoms with Crippen molar-refractivity contribution in [1.29, 1.82) is 0 Å². The molecule has 5 heteroatoms. The standard InChI is InChI=1S/C34H22N4S/c1-4-11-24(12-5-1)31-36-32(25-13-6-2-7-14-25)38-33(37-31)26-21-19-23(20-22-26)28-17-10-18-29-30(28)35-34(39-29)27-15-8-3-9-16-27/h1-22H. The van der Waals surface area contributed by atoms with E-state index in [4.69, 9.17) is 19.9 Å². The number of hydrogen-bond acceptors (Lipinski definition) is 5. The van der Waals surface area contributed by atoms with Gasteiger partial charge in [0.05, 0.1) is 10.2 Å². The number of nitrogens with zero attached hydrogens (tertiary/aromatic N) is 4. The highest BCUT2D eigenvalue weighted by molar-refractivity contribution is 7.21. The number of hydrogen-bond donors (Lipinski definition) is 0. The number of aromatic nitrogens is 4. The SMILES string of the molecule is c1ccc(-c2nc(-c3ccccc3)nc(-c3ccc(-c4cccc5sc(-c6ccccc6)nc45)cc3)n2)cc1. The van der Waals surface area contributed by atoms with Gasteiger partial charge in [0.2, 0.25) is 0 Å². The fourth-order valence-corrected chi connectivity index (χ4v) is 5.62. The van der Waals surface area contributed by atoms with Gasteiger partial charge in [-0.3, -0.25) is 0 Å². The molecule has 2 aromatic heterocycles. The maximum absolute atomic E-state index is 5.02. The van der Waals surface area contributed by atoms with E-state index in [0.717, 1.165) is 43.9 Å². The van der Waals surface area contributed by atoms with Gasteiger partial charge in [0.15, 0.2) is 17.5 Å². The van der Waals surface area contributed by atoms with Crippen LogP contribution in [-0.4, -0.2) is 19.9 Å². The molecule has 5 aromatic carbocycles. The molecule has 0 atom stereocenters. The van der Waals surface area contributed by atoms with Gasteiger partial charge in [0, 0.05) is 27.8 Å². The topological polar surface area (TPSA) is 51.6 Å². The van der Waals surface area contributed by atoms with E-state index in [9.17, 15) is 0 Å². The van der Waals surface area contributed by atoms with E-state index in [1.807, 2.05) is 66.7 Å². The van der Waals surface area contributed by atoms with Crippen molar-refractivity contribution in [3.8, 4) is 55.9 Å². The van der Waals surface area contributed by atoms with Gasteiger partial charge in [-0.05, 0) is 11.6 Å². The van der Waals surface area contributed by atoms with Crippen LogP contribution in [0.5, 0.6) is 0 Å². The zero-order valence-corrected chi connectivity index (χ0v) is 21.7. The van der Waals surface area contributed by atoms with Gasteiger partial charge in [-0.25, -0.2) is 19.9 Å². The van der Waals surface area contributed by atoms with Crippen molar-refractivity contribution in [3.05, 3.63) is 133 Å². The molecule has 0 amide bonds. The van der Waals surface area contributed by atoms with E-state index in [1.54, 1.807) is 11.3 Å². The third-order valence-corrected chi connectivity index (χ3v) is 7.66. The highest BCUT2D eigenvalue weighted by Gasteiger charge is 2.14. The lowest BCUT2D eigenvalue weighted by Gasteiger charge is -2.09. The molecule has 7 aromatic rings. The average molecular weight is 519 g/mol. The maximum atomic E-state index is 5.02. The minimum atomic E-state index is 0.646. The second-order valence-electron chi connectivity index (χ2n) is 9.15. The Morgan fingerprint density at radius 2 is 0.821 bits per heavy atom. The van der Waals surface area contributed by atoms with Crippen LogP contribution < -0.4 is 0 Å². The number of benzene rings is 5. The summed E-state index contributed by atoms with van der Waals surface area (Å²) in [5, 5.41) is 1.03. The number of fused-ring (bicyclic) bond motifs is 1. The second-order valence-corrected chi connectivity index (χ2v) is 10.2. The minimum Gasteiger partial charge on any atom is -0.235 e. The molecule has 0 fully saturated rings. The first-order chi connectivity index (χ1) is 19.3. The third-order valence-electron chi connectivity index (χ3n) is 6.59. The molecule has 39 heavy (non-hydrogen) atoms. The molecular formula is C34H22N4S. The molecule has 0 bridgehead atoms. The monoisotopic (exact) mass is 518 g/mol. The Morgan fingerprint density at radius 3 is 1.36 bits per heavy atom. The van der Waals surface area contributed by atoms with E-state index in [1.165, 1.54) is 4.70 Å². The minimum absolute atomic E-state index is 0.646. The van der Waals surface area contributed by atoms with E-state index >= 15 is 0 Å². The Hall–Kier alpha value is -5.00. The first kappa shape index (κ1) is 23.1. The van der Waals surface area contributed by atoms with Gasteiger partial charge in [-0.15, -0.1) is 11.3 Å². The molecule has 0 spiro atoms. The Kier molecular flexibility index (Phi) is 5.96. The Bertz CT molecular complexity index is 1820. The second kappa shape index (κ2) is 10.0. The van der Waals surface area contributed by atoms with Crippen LogP contribution in [0.15, 0.2) is 133 Å². The molecule has 0 saturated carbocycles. The van der Waals surface area contributed by atoms with E-state index in [-0.39, 0.29) is 0 Å². The van der Waals surface area contributed by atoms with Gasteiger partial charge in [-0.1, -0.05) is 127 Å². The van der Waals surface area contributed by atoms with Crippen LogP contribution >= 0.6 is 11.3 Å². The molecule has 0 aliphatic heterocycles. The molecule has 0 aliphatic carbocycles. The Morgan fingerprint density at radius 1 is 0.359 bits per heavy atom. The molecular weight excluding hydrogens is 496 g/mol. The predicted molar refractivity (Wildman–Crippen MR) is 160 cm³/mol. The fourth-order valence-electron chi connectivity index (χ4n) is 4.62. The molecule has 7 rings (SSSR count). The predicted octanol–water partition coefficient (Wildman–Crippen LogP) is 8.82. The highest BCUT2D eigenvalue weighted by Crippen LogP contribution is 2.36. The zero-order valence-electron chi connectivity index (χ0n) is 20.9. The first-order valence-corrected chi connectivity index (χ1v) is 13.6. The Balaban J connectivity index is 1.29. The summed E-state index contributed by atoms with van der Waals surface area (Å²) in [6.45, 7) is 0. The molecule has 0 N–H and O–H groups in total. The lowest BCUT2D eigenvalue weighted by Crippen LogP contribution is -2.00. The number of para-hydroxylation sites is 1. The highest BCUT2D eigenvalue weighted by atomic mass is 32.1. The summed E-state index contributed by atoms with van der Waals surface area (Å²) >= 11 is 1.72. The molecule has 0 unspecified atom stereocenters. The molecule has 184 valence electrons. The molecule has 0 saturated heterocycles. The molecule has 0 aliphatic rings. The third kappa shape index (κ3) is 4.60. The summed E-state index contributed by atoms with van der Waals surface area (Å²) in [6, 6.07) is 45.2. The van der Waals surface area contributed by atoms with Crippen LogP contribution in [0.2, 0.25) is 0 Å². The van der Waals surface area contributed by atoms with Gasteiger partial charge < -0.3 is 0 Å². The summed E-state index contributed by atoms with van der Waals surface area (Å²) in [5.41, 5.74) is 7.23. The molecule has 4 nitrogen and oxygen atoms in total. The van der Waals surface area contributed by atoms with E-state index < -0.39 is 0 Å². The van der Waals surface area contributed by atoms with E-state index in [0.29, 0.717) is 17.5 Å². The molecule has 0 radical (unpaired) electrons. The van der Waals surface area contributed by atoms with Crippen molar-refractivity contribution in [1.82, 2.24) is 19.9 Å². The largest absolute Gasteiger partial charge is 0.235 e. The molecule has 2 heterocycles. The lowest BCUT2D eigenvalue weighted by atomic mass is 10.0. The fraction of sp³-hybridized carbons (Fsp3) is 0. The number of thiazole rings is 1. The summed E-state index contributed by atoms with van der Waals surface area (Å²) in [5.74, 6) is 1.96. The zero-order chi connectivity index (χ0) is 26.0. The van der Waals surface area contributed by atoms with Crippen molar-refractivity contribution in [2.45, 2.75) is 0 Å². The lowest BCUT2D eigenvalue weighted by molar-refractivity contribution is 1.07. The maximum Gasteiger partial charge on any atom is 0.164 e. The van der Waals surface area contributed by atoms with Crippen LogP contribution in [0.1, 0.15) is 0 Å². The summed E-state index contributed by atoms with van der Waals surface area (Å²) in [4.78, 5) is 19.5. The smallest absolute Gasteiger partial charge is 0.164 e. The van der Waals surface area contributed by atoms with Gasteiger partial charge in [-0.2, -0.15) is 0 Å². The van der Waals surface area contributed by atoms with Crippen LogP contribution in [0, 0.1) is 0 Å².